The first-order valence-electron chi connectivity index (χ1n) is 4.22. The number of hydrogen-bond donors (Lipinski definition) is 2. The molecule has 0 aliphatic rings. The summed E-state index contributed by atoms with van der Waals surface area (Å²) in [6.45, 7) is 0. The van der Waals surface area contributed by atoms with Crippen LogP contribution in [0.25, 0.3) is 0 Å². The van der Waals surface area contributed by atoms with Crippen LogP contribution in [0.2, 0.25) is 0 Å². The predicted octanol–water partition coefficient (Wildman–Crippen LogP) is -0.122. The summed E-state index contributed by atoms with van der Waals surface area (Å²) in [6.07, 6.45) is 1.38. The summed E-state index contributed by atoms with van der Waals surface area (Å²) in [6, 6.07) is 3.09. The van der Waals surface area contributed by atoms with Crippen molar-refractivity contribution >= 4 is 11.7 Å². The van der Waals surface area contributed by atoms with Gasteiger partial charge in [-0.2, -0.15) is 0 Å². The van der Waals surface area contributed by atoms with Crippen LogP contribution < -0.4 is 5.73 Å². The average molecular weight is 208 g/mol. The Morgan fingerprint density at radius 1 is 1.53 bits per heavy atom. The van der Waals surface area contributed by atoms with E-state index in [0.717, 1.165) is 0 Å². The van der Waals surface area contributed by atoms with Crippen molar-refractivity contribution in [2.75, 3.05) is 14.1 Å². The average Bonchev–Trinajstić information content (AvgIpc) is 2.27. The number of carbonyl (C=O) groups excluding carboxylic acids is 1. The quantitative estimate of drug-likeness (QED) is 0.306. The number of amidine groups is 1. The second kappa shape index (κ2) is 4.41. The van der Waals surface area contributed by atoms with E-state index in [1.807, 2.05) is 0 Å². The molecule has 0 aromatic carbocycles. The first-order chi connectivity index (χ1) is 7.06. The van der Waals surface area contributed by atoms with E-state index in [1.54, 1.807) is 20.2 Å². The molecule has 0 radical (unpaired) electrons. The van der Waals surface area contributed by atoms with Crippen LogP contribution in [0.1, 0.15) is 16.1 Å². The van der Waals surface area contributed by atoms with E-state index in [9.17, 15) is 4.79 Å². The summed E-state index contributed by atoms with van der Waals surface area (Å²) in [7, 11) is 3.31. The van der Waals surface area contributed by atoms with Gasteiger partial charge in [-0.3, -0.25) is 9.78 Å². The minimum absolute atomic E-state index is 0.0844. The molecule has 1 amide bonds. The van der Waals surface area contributed by atoms with Crippen LogP contribution in [0.5, 0.6) is 0 Å². The van der Waals surface area contributed by atoms with Gasteiger partial charge in [-0.1, -0.05) is 5.16 Å². The predicted molar refractivity (Wildman–Crippen MR) is 54.8 cm³/mol. The zero-order valence-electron chi connectivity index (χ0n) is 8.51. The van der Waals surface area contributed by atoms with Crippen molar-refractivity contribution in [2.45, 2.75) is 0 Å². The first-order valence-corrected chi connectivity index (χ1v) is 4.22. The van der Waals surface area contributed by atoms with Gasteiger partial charge in [-0.15, -0.1) is 0 Å². The Kier molecular flexibility index (Phi) is 3.22. The largest absolute Gasteiger partial charge is 0.409 e. The summed E-state index contributed by atoms with van der Waals surface area (Å²) in [5.74, 6) is -0.229. The van der Waals surface area contributed by atoms with Gasteiger partial charge in [0.25, 0.3) is 5.91 Å². The Morgan fingerprint density at radius 3 is 2.60 bits per heavy atom. The smallest absolute Gasteiger partial charge is 0.254 e. The summed E-state index contributed by atoms with van der Waals surface area (Å²) in [5.41, 5.74) is 6.10. The van der Waals surface area contributed by atoms with E-state index in [0.29, 0.717) is 11.3 Å². The molecule has 6 heteroatoms. The number of rotatable bonds is 2. The Bertz CT molecular complexity index is 384. The van der Waals surface area contributed by atoms with Crippen LogP contribution in [-0.2, 0) is 0 Å². The van der Waals surface area contributed by atoms with E-state index >= 15 is 0 Å². The SMILES string of the molecule is CN(C)C(=O)c1ccc(C(N)=NO)nc1. The molecule has 15 heavy (non-hydrogen) atoms. The van der Waals surface area contributed by atoms with E-state index < -0.39 is 0 Å². The van der Waals surface area contributed by atoms with Gasteiger partial charge in [0.15, 0.2) is 5.84 Å². The number of hydrogen-bond acceptors (Lipinski definition) is 4. The lowest BCUT2D eigenvalue weighted by Crippen LogP contribution is -2.22. The third-order valence-corrected chi connectivity index (χ3v) is 1.79. The third kappa shape index (κ3) is 2.43. The Balaban J connectivity index is 2.95. The lowest BCUT2D eigenvalue weighted by molar-refractivity contribution is 0.0827. The maximum Gasteiger partial charge on any atom is 0.254 e. The highest BCUT2D eigenvalue weighted by molar-refractivity contribution is 5.97. The number of oxime groups is 1. The van der Waals surface area contributed by atoms with E-state index in [1.165, 1.54) is 17.2 Å². The maximum absolute atomic E-state index is 11.5. The summed E-state index contributed by atoms with van der Waals surface area (Å²) < 4.78 is 0. The topological polar surface area (TPSA) is 91.8 Å². The molecule has 1 aromatic rings. The van der Waals surface area contributed by atoms with E-state index in [-0.39, 0.29) is 11.7 Å². The maximum atomic E-state index is 11.5. The molecule has 1 rings (SSSR count). The second-order valence-corrected chi connectivity index (χ2v) is 3.12. The van der Waals surface area contributed by atoms with Gasteiger partial charge in [0, 0.05) is 20.3 Å². The summed E-state index contributed by atoms with van der Waals surface area (Å²) >= 11 is 0. The number of nitrogens with zero attached hydrogens (tertiary/aromatic N) is 3. The molecule has 3 N–H and O–H groups in total. The standard InChI is InChI=1S/C9H12N4O2/c1-13(2)9(14)6-3-4-7(11-5-6)8(10)12-15/h3-5,15H,1-2H3,(H2,10,12). The fraction of sp³-hybridized carbons (Fsp3) is 0.222. The van der Waals surface area contributed by atoms with Gasteiger partial charge in [0.2, 0.25) is 0 Å². The van der Waals surface area contributed by atoms with Crippen molar-refractivity contribution < 1.29 is 10.0 Å². The monoisotopic (exact) mass is 208 g/mol. The molecule has 80 valence electrons. The highest BCUT2D eigenvalue weighted by Gasteiger charge is 2.08. The number of nitrogens with two attached hydrogens (primary N) is 1. The van der Waals surface area contributed by atoms with Gasteiger partial charge in [0.05, 0.1) is 5.56 Å². The van der Waals surface area contributed by atoms with Crippen LogP contribution >= 0.6 is 0 Å². The van der Waals surface area contributed by atoms with Crippen LogP contribution in [-0.4, -0.2) is 40.9 Å². The fourth-order valence-corrected chi connectivity index (χ4v) is 0.981. The molecular formula is C9H12N4O2. The number of carbonyl (C=O) groups is 1. The molecule has 6 nitrogen and oxygen atoms in total. The first kappa shape index (κ1) is 11.0. The molecule has 0 aliphatic carbocycles. The number of amides is 1. The lowest BCUT2D eigenvalue weighted by Gasteiger charge is -2.09. The van der Waals surface area contributed by atoms with E-state index in [2.05, 4.69) is 10.1 Å². The summed E-state index contributed by atoms with van der Waals surface area (Å²) in [4.78, 5) is 16.8. The van der Waals surface area contributed by atoms with Gasteiger partial charge >= 0.3 is 0 Å². The number of aromatic nitrogens is 1. The molecule has 0 atom stereocenters. The molecule has 0 unspecified atom stereocenters. The van der Waals surface area contributed by atoms with Crippen molar-refractivity contribution in [3.05, 3.63) is 29.6 Å². The molecule has 0 fully saturated rings. The van der Waals surface area contributed by atoms with Crippen molar-refractivity contribution in [1.29, 1.82) is 0 Å². The van der Waals surface area contributed by atoms with Crippen molar-refractivity contribution in [3.63, 3.8) is 0 Å². The molecule has 0 saturated carbocycles. The zero-order chi connectivity index (χ0) is 11.4. The van der Waals surface area contributed by atoms with Gasteiger partial charge in [-0.05, 0) is 12.1 Å². The second-order valence-electron chi connectivity index (χ2n) is 3.12. The van der Waals surface area contributed by atoms with Crippen LogP contribution in [0.15, 0.2) is 23.5 Å². The molecule has 0 spiro atoms. The van der Waals surface area contributed by atoms with Gasteiger partial charge < -0.3 is 15.8 Å². The molecule has 1 aromatic heterocycles. The molecule has 1 heterocycles. The van der Waals surface area contributed by atoms with E-state index in [4.69, 9.17) is 10.9 Å². The van der Waals surface area contributed by atoms with Crippen molar-refractivity contribution in [3.8, 4) is 0 Å². The normalized spacial score (nSPS) is 11.2. The Morgan fingerprint density at radius 2 is 2.20 bits per heavy atom. The third-order valence-electron chi connectivity index (χ3n) is 1.79. The molecule has 0 aliphatic heterocycles. The van der Waals surface area contributed by atoms with Crippen molar-refractivity contribution in [1.82, 2.24) is 9.88 Å². The zero-order valence-corrected chi connectivity index (χ0v) is 8.51. The molecule has 0 bridgehead atoms. The minimum Gasteiger partial charge on any atom is -0.409 e. The van der Waals surface area contributed by atoms with Crippen LogP contribution in [0.3, 0.4) is 0 Å². The Hall–Kier alpha value is -2.11. The Labute approximate surface area is 87.0 Å². The molecule has 0 saturated heterocycles. The summed E-state index contributed by atoms with van der Waals surface area (Å²) in [5, 5.41) is 11.2. The minimum atomic E-state index is -0.145. The van der Waals surface area contributed by atoms with Crippen molar-refractivity contribution in [2.24, 2.45) is 10.9 Å². The van der Waals surface area contributed by atoms with Gasteiger partial charge in [-0.25, -0.2) is 0 Å². The fourth-order valence-electron chi connectivity index (χ4n) is 0.981. The highest BCUT2D eigenvalue weighted by atomic mass is 16.4. The van der Waals surface area contributed by atoms with Crippen LogP contribution in [0, 0.1) is 0 Å². The lowest BCUT2D eigenvalue weighted by atomic mass is 10.2. The highest BCUT2D eigenvalue weighted by Crippen LogP contribution is 2.02. The number of pyridine rings is 1. The van der Waals surface area contributed by atoms with Gasteiger partial charge in [0.1, 0.15) is 5.69 Å². The van der Waals surface area contributed by atoms with Crippen LogP contribution in [0.4, 0.5) is 0 Å². The molecular weight excluding hydrogens is 196 g/mol.